The highest BCUT2D eigenvalue weighted by atomic mass is 35.5. The number of hydrogen-bond acceptors (Lipinski definition) is 2. The molecule has 4 nitrogen and oxygen atoms in total. The zero-order valence-electron chi connectivity index (χ0n) is 15.7. The van der Waals surface area contributed by atoms with Gasteiger partial charge >= 0.3 is 6.18 Å². The number of amides is 1. The van der Waals surface area contributed by atoms with E-state index in [9.17, 15) is 22.4 Å². The maximum absolute atomic E-state index is 13.6. The summed E-state index contributed by atoms with van der Waals surface area (Å²) >= 11 is 6.11. The average molecular weight is 440 g/mol. The van der Waals surface area contributed by atoms with Crippen molar-refractivity contribution in [2.45, 2.75) is 32.0 Å². The van der Waals surface area contributed by atoms with Gasteiger partial charge in [-0.1, -0.05) is 41.9 Å². The predicted molar refractivity (Wildman–Crippen MR) is 105 cm³/mol. The van der Waals surface area contributed by atoms with E-state index in [1.807, 2.05) is 0 Å². The van der Waals surface area contributed by atoms with E-state index in [4.69, 9.17) is 11.6 Å². The minimum absolute atomic E-state index is 0.0429. The summed E-state index contributed by atoms with van der Waals surface area (Å²) in [6, 6.07) is 13.5. The topological polar surface area (TPSA) is 46.9 Å². The Morgan fingerprint density at radius 2 is 1.80 bits per heavy atom. The van der Waals surface area contributed by atoms with Crippen LogP contribution < -0.4 is 5.32 Å². The van der Waals surface area contributed by atoms with Crippen LogP contribution in [0.1, 0.15) is 29.8 Å². The van der Waals surface area contributed by atoms with Gasteiger partial charge < -0.3 is 5.32 Å². The van der Waals surface area contributed by atoms with E-state index in [0.717, 1.165) is 10.7 Å². The third-order valence-corrected chi connectivity index (χ3v) is 4.74. The Hall–Kier alpha value is -2.87. The van der Waals surface area contributed by atoms with Crippen molar-refractivity contribution in [3.05, 3.63) is 82.4 Å². The second-order valence-electron chi connectivity index (χ2n) is 6.60. The average Bonchev–Trinajstić information content (AvgIpc) is 3.12. The van der Waals surface area contributed by atoms with Gasteiger partial charge in [0, 0.05) is 24.2 Å². The second kappa shape index (κ2) is 9.30. The largest absolute Gasteiger partial charge is 0.435 e. The third-order valence-electron chi connectivity index (χ3n) is 4.42. The molecule has 3 aromatic rings. The molecule has 0 atom stereocenters. The summed E-state index contributed by atoms with van der Waals surface area (Å²) < 4.78 is 54.2. The van der Waals surface area contributed by atoms with Gasteiger partial charge in [0.05, 0.1) is 10.7 Å². The molecule has 30 heavy (non-hydrogen) atoms. The number of nitrogens with zero attached hydrogens (tertiary/aromatic N) is 2. The minimum atomic E-state index is -4.60. The molecule has 0 fully saturated rings. The number of carbonyl (C=O) groups excluding carboxylic acids is 1. The number of halogens is 5. The van der Waals surface area contributed by atoms with Gasteiger partial charge in [-0.15, -0.1) is 0 Å². The standard InChI is InChI=1S/C21H18ClF4N3O/c22-16-8-2-4-10-18(16)29-15(12-19(28-29)21(24,25)26)7-5-11-20(30)27-13-14-6-1-3-9-17(14)23/h1-4,6,8-10,12H,5,7,11,13H2,(H,27,30). The number of alkyl halides is 3. The van der Waals surface area contributed by atoms with Gasteiger partial charge in [-0.3, -0.25) is 4.79 Å². The van der Waals surface area contributed by atoms with Crippen LogP contribution in [0.15, 0.2) is 54.6 Å². The number of rotatable bonds is 7. The Kier molecular flexibility index (Phi) is 6.77. The lowest BCUT2D eigenvalue weighted by Crippen LogP contribution is -2.23. The van der Waals surface area contributed by atoms with Crippen molar-refractivity contribution in [3.8, 4) is 5.69 Å². The normalized spacial score (nSPS) is 11.5. The number of carbonyl (C=O) groups is 1. The molecule has 0 aliphatic heterocycles. The van der Waals surface area contributed by atoms with Crippen molar-refractivity contribution in [2.75, 3.05) is 0 Å². The van der Waals surface area contributed by atoms with Crippen molar-refractivity contribution in [3.63, 3.8) is 0 Å². The van der Waals surface area contributed by atoms with Gasteiger partial charge in [0.2, 0.25) is 5.91 Å². The number of aromatic nitrogens is 2. The molecule has 1 amide bonds. The maximum atomic E-state index is 13.6. The second-order valence-corrected chi connectivity index (χ2v) is 7.01. The van der Waals surface area contributed by atoms with E-state index in [0.29, 0.717) is 11.3 Å². The summed E-state index contributed by atoms with van der Waals surface area (Å²) in [5.41, 5.74) is -0.0510. The Labute approximate surface area is 175 Å². The first kappa shape index (κ1) is 21.8. The van der Waals surface area contributed by atoms with Crippen LogP contribution >= 0.6 is 11.6 Å². The first-order valence-electron chi connectivity index (χ1n) is 9.17. The van der Waals surface area contributed by atoms with Gasteiger partial charge in [-0.05, 0) is 37.1 Å². The molecule has 0 aliphatic carbocycles. The summed E-state index contributed by atoms with van der Waals surface area (Å²) in [4.78, 5) is 12.0. The van der Waals surface area contributed by atoms with E-state index < -0.39 is 17.7 Å². The molecule has 158 valence electrons. The quantitative estimate of drug-likeness (QED) is 0.506. The summed E-state index contributed by atoms with van der Waals surface area (Å²) in [5.74, 6) is -0.737. The predicted octanol–water partition coefficient (Wildman–Crippen LogP) is 5.32. The van der Waals surface area contributed by atoms with Crippen LogP contribution in [0.2, 0.25) is 5.02 Å². The number of benzene rings is 2. The van der Waals surface area contributed by atoms with E-state index in [-0.39, 0.29) is 42.4 Å². The molecule has 0 radical (unpaired) electrons. The summed E-state index contributed by atoms with van der Waals surface area (Å²) in [6.45, 7) is 0.0429. The molecular formula is C21H18ClF4N3O. The molecule has 0 unspecified atom stereocenters. The van der Waals surface area contributed by atoms with Crippen LogP contribution in [-0.2, 0) is 23.9 Å². The van der Waals surface area contributed by atoms with Crippen LogP contribution in [0.4, 0.5) is 17.6 Å². The van der Waals surface area contributed by atoms with Crippen molar-refractivity contribution >= 4 is 17.5 Å². The number of hydrogen-bond donors (Lipinski definition) is 1. The fraction of sp³-hybridized carbons (Fsp3) is 0.238. The zero-order valence-corrected chi connectivity index (χ0v) is 16.5. The van der Waals surface area contributed by atoms with Crippen molar-refractivity contribution in [1.82, 2.24) is 15.1 Å². The number of aryl methyl sites for hydroxylation is 1. The van der Waals surface area contributed by atoms with Crippen molar-refractivity contribution < 1.29 is 22.4 Å². The summed E-state index contributed by atoms with van der Waals surface area (Å²) in [6.07, 6.45) is -4.06. The molecule has 0 aliphatic rings. The molecule has 0 saturated carbocycles. The van der Waals surface area contributed by atoms with Crippen LogP contribution in [0.3, 0.4) is 0 Å². The fourth-order valence-electron chi connectivity index (χ4n) is 2.92. The highest BCUT2D eigenvalue weighted by molar-refractivity contribution is 6.32. The van der Waals surface area contributed by atoms with Gasteiger partial charge in [0.15, 0.2) is 5.69 Å². The smallest absolute Gasteiger partial charge is 0.352 e. The Bertz CT molecular complexity index is 1030. The third kappa shape index (κ3) is 5.38. The Morgan fingerprint density at radius 1 is 1.10 bits per heavy atom. The van der Waals surface area contributed by atoms with Gasteiger partial charge in [0.25, 0.3) is 0 Å². The maximum Gasteiger partial charge on any atom is 0.435 e. The number of nitrogens with one attached hydrogen (secondary N) is 1. The molecule has 1 N–H and O–H groups in total. The van der Waals surface area contributed by atoms with Crippen LogP contribution in [0.5, 0.6) is 0 Å². The SMILES string of the molecule is O=C(CCCc1cc(C(F)(F)F)nn1-c1ccccc1Cl)NCc1ccccc1F. The van der Waals surface area contributed by atoms with Crippen LogP contribution in [-0.4, -0.2) is 15.7 Å². The zero-order chi connectivity index (χ0) is 21.7. The Balaban J connectivity index is 1.66. The van der Waals surface area contributed by atoms with Gasteiger partial charge in [-0.2, -0.15) is 18.3 Å². The van der Waals surface area contributed by atoms with E-state index in [1.54, 1.807) is 42.5 Å². The van der Waals surface area contributed by atoms with E-state index >= 15 is 0 Å². The van der Waals surface area contributed by atoms with Crippen LogP contribution in [0.25, 0.3) is 5.69 Å². The number of para-hydroxylation sites is 1. The van der Waals surface area contributed by atoms with Gasteiger partial charge in [0.1, 0.15) is 5.82 Å². The van der Waals surface area contributed by atoms with Crippen molar-refractivity contribution in [1.29, 1.82) is 0 Å². The lowest BCUT2D eigenvalue weighted by Gasteiger charge is -2.09. The molecule has 0 saturated heterocycles. The molecule has 2 aromatic carbocycles. The summed E-state index contributed by atoms with van der Waals surface area (Å²) in [5, 5.41) is 6.53. The first-order valence-corrected chi connectivity index (χ1v) is 9.54. The van der Waals surface area contributed by atoms with Crippen LogP contribution in [0, 0.1) is 5.82 Å². The van der Waals surface area contributed by atoms with Gasteiger partial charge in [-0.25, -0.2) is 9.07 Å². The lowest BCUT2D eigenvalue weighted by molar-refractivity contribution is -0.141. The summed E-state index contributed by atoms with van der Waals surface area (Å²) in [7, 11) is 0. The molecule has 3 rings (SSSR count). The Morgan fingerprint density at radius 3 is 2.50 bits per heavy atom. The highest BCUT2D eigenvalue weighted by Crippen LogP contribution is 2.31. The molecule has 0 spiro atoms. The van der Waals surface area contributed by atoms with Crippen molar-refractivity contribution in [2.24, 2.45) is 0 Å². The molecule has 1 heterocycles. The minimum Gasteiger partial charge on any atom is -0.352 e. The molecule has 1 aromatic heterocycles. The van der Waals surface area contributed by atoms with E-state index in [1.165, 1.54) is 6.07 Å². The molecule has 9 heteroatoms. The highest BCUT2D eigenvalue weighted by Gasteiger charge is 2.35. The first-order chi connectivity index (χ1) is 14.3. The monoisotopic (exact) mass is 439 g/mol. The molecular weight excluding hydrogens is 422 g/mol. The van der Waals surface area contributed by atoms with E-state index in [2.05, 4.69) is 10.4 Å². The fourth-order valence-corrected chi connectivity index (χ4v) is 3.14. The molecule has 0 bridgehead atoms. The lowest BCUT2D eigenvalue weighted by atomic mass is 10.1.